The van der Waals surface area contributed by atoms with Crippen molar-refractivity contribution in [1.29, 1.82) is 0 Å². The summed E-state index contributed by atoms with van der Waals surface area (Å²) >= 11 is 1.59. The van der Waals surface area contributed by atoms with E-state index in [-0.39, 0.29) is 5.91 Å². The first-order valence-corrected chi connectivity index (χ1v) is 9.65. The Morgan fingerprint density at radius 3 is 2.88 bits per heavy atom. The van der Waals surface area contributed by atoms with Crippen molar-refractivity contribution < 1.29 is 4.79 Å². The summed E-state index contributed by atoms with van der Waals surface area (Å²) in [6, 6.07) is 7.78. The number of rotatable bonds is 4. The molecular formula is C19H21N5OS. The van der Waals surface area contributed by atoms with Crippen LogP contribution in [0, 0.1) is 5.92 Å². The number of carbonyl (C=O) groups excluding carboxylic acids is 1. The van der Waals surface area contributed by atoms with Gasteiger partial charge in [-0.2, -0.15) is 0 Å². The molecule has 0 radical (unpaired) electrons. The number of para-hydroxylation sites is 2. The lowest BCUT2D eigenvalue weighted by Gasteiger charge is -2.26. The van der Waals surface area contributed by atoms with Gasteiger partial charge in [0.1, 0.15) is 0 Å². The van der Waals surface area contributed by atoms with Crippen LogP contribution in [0.1, 0.15) is 30.8 Å². The predicted molar refractivity (Wildman–Crippen MR) is 104 cm³/mol. The molecule has 0 unspecified atom stereocenters. The molecule has 1 aromatic carbocycles. The van der Waals surface area contributed by atoms with Gasteiger partial charge in [-0.3, -0.25) is 9.78 Å². The van der Waals surface area contributed by atoms with Gasteiger partial charge >= 0.3 is 0 Å². The number of nitrogens with one attached hydrogen (secondary N) is 1. The minimum atomic E-state index is 0.231. The van der Waals surface area contributed by atoms with E-state index in [1.165, 1.54) is 0 Å². The van der Waals surface area contributed by atoms with E-state index < -0.39 is 0 Å². The van der Waals surface area contributed by atoms with Crippen molar-refractivity contribution in [2.45, 2.75) is 33.2 Å². The van der Waals surface area contributed by atoms with Gasteiger partial charge in [-0.25, -0.2) is 9.97 Å². The summed E-state index contributed by atoms with van der Waals surface area (Å²) in [5.41, 5.74) is 2.81. The molecule has 0 bridgehead atoms. The molecule has 0 spiro atoms. The van der Waals surface area contributed by atoms with Crippen LogP contribution < -0.4 is 5.32 Å². The molecule has 4 rings (SSSR count). The Labute approximate surface area is 156 Å². The molecule has 1 amide bonds. The summed E-state index contributed by atoms with van der Waals surface area (Å²) < 4.78 is 0. The summed E-state index contributed by atoms with van der Waals surface area (Å²) in [5.74, 6) is 1.30. The topological polar surface area (TPSA) is 71.0 Å². The van der Waals surface area contributed by atoms with E-state index in [1.54, 1.807) is 17.5 Å². The van der Waals surface area contributed by atoms with Crippen molar-refractivity contribution in [1.82, 2.24) is 19.9 Å². The number of anilines is 2. The summed E-state index contributed by atoms with van der Waals surface area (Å²) in [6.07, 6.45) is 3.13. The summed E-state index contributed by atoms with van der Waals surface area (Å²) in [7, 11) is 0. The zero-order valence-electron chi connectivity index (χ0n) is 14.9. The molecule has 0 atom stereocenters. The number of amides is 1. The van der Waals surface area contributed by atoms with Crippen molar-refractivity contribution >= 4 is 39.2 Å². The first-order chi connectivity index (χ1) is 12.6. The van der Waals surface area contributed by atoms with Crippen LogP contribution in [0.25, 0.3) is 11.0 Å². The molecule has 0 saturated heterocycles. The molecular weight excluding hydrogens is 346 g/mol. The Kier molecular flexibility index (Phi) is 4.55. The fourth-order valence-corrected chi connectivity index (χ4v) is 4.10. The van der Waals surface area contributed by atoms with E-state index in [9.17, 15) is 4.79 Å². The van der Waals surface area contributed by atoms with Gasteiger partial charge in [0.25, 0.3) is 0 Å². The maximum atomic E-state index is 12.3. The number of hydrogen-bond acceptors (Lipinski definition) is 6. The van der Waals surface area contributed by atoms with Gasteiger partial charge in [-0.05, 0) is 18.1 Å². The Balaban J connectivity index is 1.49. The van der Waals surface area contributed by atoms with E-state index in [0.717, 1.165) is 39.7 Å². The first-order valence-electron chi connectivity index (χ1n) is 8.83. The molecule has 1 aliphatic rings. The van der Waals surface area contributed by atoms with E-state index in [1.807, 2.05) is 29.2 Å². The quantitative estimate of drug-likeness (QED) is 0.760. The Bertz CT molecular complexity index is 952. The van der Waals surface area contributed by atoms with Crippen LogP contribution in [0.2, 0.25) is 0 Å². The number of benzene rings is 1. The number of nitrogens with zero attached hydrogens (tertiary/aromatic N) is 4. The highest BCUT2D eigenvalue weighted by Gasteiger charge is 2.24. The highest BCUT2D eigenvalue weighted by molar-refractivity contribution is 7.15. The Morgan fingerprint density at radius 2 is 2.08 bits per heavy atom. The van der Waals surface area contributed by atoms with Crippen molar-refractivity contribution in [3.8, 4) is 0 Å². The molecule has 1 aliphatic heterocycles. The molecule has 0 saturated carbocycles. The smallest absolute Gasteiger partial charge is 0.223 e. The third-order valence-corrected chi connectivity index (χ3v) is 5.35. The van der Waals surface area contributed by atoms with E-state index in [2.05, 4.69) is 34.1 Å². The molecule has 6 nitrogen and oxygen atoms in total. The van der Waals surface area contributed by atoms with Gasteiger partial charge in [0.15, 0.2) is 10.9 Å². The molecule has 1 N–H and O–H groups in total. The van der Waals surface area contributed by atoms with Crippen LogP contribution >= 0.6 is 11.3 Å². The second kappa shape index (κ2) is 6.99. The van der Waals surface area contributed by atoms with E-state index >= 15 is 0 Å². The standard InChI is InChI=1S/C19H21N5OS/c1-12(2)9-18(25)24-8-7-15-16(11-24)26-19(22-15)23-17-10-20-13-5-3-4-6-14(13)21-17/h3-6,10,12H,7-9,11H2,1-2H3,(H,21,22,23). The SMILES string of the molecule is CC(C)CC(=O)N1CCc2nc(Nc3cnc4ccccc4n3)sc2C1. The second-order valence-corrected chi connectivity index (χ2v) is 8.00. The third-order valence-electron chi connectivity index (χ3n) is 4.35. The van der Waals surface area contributed by atoms with Crippen molar-refractivity contribution in [2.75, 3.05) is 11.9 Å². The van der Waals surface area contributed by atoms with Crippen molar-refractivity contribution in [3.05, 3.63) is 41.0 Å². The number of hydrogen-bond donors (Lipinski definition) is 1. The monoisotopic (exact) mass is 367 g/mol. The fraction of sp³-hybridized carbons (Fsp3) is 0.368. The predicted octanol–water partition coefficient (Wildman–Crippen LogP) is 3.76. The number of aromatic nitrogens is 3. The van der Waals surface area contributed by atoms with Gasteiger partial charge in [-0.1, -0.05) is 37.3 Å². The third kappa shape index (κ3) is 3.53. The molecule has 134 valence electrons. The van der Waals surface area contributed by atoms with E-state index in [0.29, 0.717) is 24.7 Å². The largest absolute Gasteiger partial charge is 0.337 e. The highest BCUT2D eigenvalue weighted by atomic mass is 32.1. The first kappa shape index (κ1) is 16.9. The van der Waals surface area contributed by atoms with Gasteiger partial charge in [-0.15, -0.1) is 0 Å². The lowest BCUT2D eigenvalue weighted by Crippen LogP contribution is -2.36. The lowest BCUT2D eigenvalue weighted by atomic mass is 10.1. The molecule has 2 aromatic heterocycles. The lowest BCUT2D eigenvalue weighted by molar-refractivity contribution is -0.132. The molecule has 0 fully saturated rings. The Morgan fingerprint density at radius 1 is 1.27 bits per heavy atom. The van der Waals surface area contributed by atoms with Gasteiger partial charge in [0.2, 0.25) is 5.91 Å². The van der Waals surface area contributed by atoms with Crippen molar-refractivity contribution in [2.24, 2.45) is 5.92 Å². The molecule has 26 heavy (non-hydrogen) atoms. The van der Waals surface area contributed by atoms with Gasteiger partial charge < -0.3 is 10.2 Å². The summed E-state index contributed by atoms with van der Waals surface area (Å²) in [4.78, 5) is 29.1. The number of carbonyl (C=O) groups is 1. The van der Waals surface area contributed by atoms with Gasteiger partial charge in [0.05, 0.1) is 29.5 Å². The van der Waals surface area contributed by atoms with Crippen LogP contribution in [0.5, 0.6) is 0 Å². The average molecular weight is 367 g/mol. The maximum absolute atomic E-state index is 12.3. The fourth-order valence-electron chi connectivity index (χ4n) is 3.07. The second-order valence-electron chi connectivity index (χ2n) is 6.92. The summed E-state index contributed by atoms with van der Waals surface area (Å²) in [5, 5.41) is 4.06. The van der Waals surface area contributed by atoms with Crippen LogP contribution in [0.4, 0.5) is 10.9 Å². The van der Waals surface area contributed by atoms with Crippen molar-refractivity contribution in [3.63, 3.8) is 0 Å². The summed E-state index contributed by atoms with van der Waals surface area (Å²) in [6.45, 7) is 5.56. The number of fused-ring (bicyclic) bond motifs is 2. The van der Waals surface area contributed by atoms with Crippen LogP contribution in [-0.4, -0.2) is 32.3 Å². The Hall–Kier alpha value is -2.54. The number of thiazole rings is 1. The zero-order chi connectivity index (χ0) is 18.1. The van der Waals surface area contributed by atoms with Crippen LogP contribution in [0.15, 0.2) is 30.5 Å². The molecule has 3 heterocycles. The minimum absolute atomic E-state index is 0.231. The van der Waals surface area contributed by atoms with E-state index in [4.69, 9.17) is 0 Å². The minimum Gasteiger partial charge on any atom is -0.337 e. The van der Waals surface area contributed by atoms with Crippen LogP contribution in [0.3, 0.4) is 0 Å². The molecule has 3 aromatic rings. The average Bonchev–Trinajstić information content (AvgIpc) is 3.02. The normalized spacial score (nSPS) is 13.9. The molecule has 7 heteroatoms. The zero-order valence-corrected chi connectivity index (χ0v) is 15.7. The van der Waals surface area contributed by atoms with Gasteiger partial charge in [0, 0.05) is 24.3 Å². The van der Waals surface area contributed by atoms with Crippen LogP contribution in [-0.2, 0) is 17.8 Å². The maximum Gasteiger partial charge on any atom is 0.223 e. The highest BCUT2D eigenvalue weighted by Crippen LogP contribution is 2.30. The molecule has 0 aliphatic carbocycles.